The van der Waals surface area contributed by atoms with Gasteiger partial charge in [-0.25, -0.2) is 0 Å². The van der Waals surface area contributed by atoms with Gasteiger partial charge in [-0.1, -0.05) is 64.6 Å². The van der Waals surface area contributed by atoms with Crippen molar-refractivity contribution >= 4 is 17.7 Å². The smallest absolute Gasteiger partial charge is 0.289 e. The van der Waals surface area contributed by atoms with Gasteiger partial charge in [0, 0.05) is 18.0 Å². The number of benzene rings is 2. The highest BCUT2D eigenvalue weighted by atomic mass is 32.2. The lowest BCUT2D eigenvalue weighted by atomic mass is 9.87. The molecule has 3 rings (SSSR count). The highest BCUT2D eigenvalue weighted by molar-refractivity contribution is 7.99. The number of rotatable bonds is 10. The summed E-state index contributed by atoms with van der Waals surface area (Å²) < 4.78 is 16.8. The molecular formula is C30H39NO4S. The summed E-state index contributed by atoms with van der Waals surface area (Å²) in [6, 6.07) is 16.1. The standard InChI is InChI=1S/C30H39NO4S/c1-20(2)19-31(16-15-22-10-12-24(33-7)26(17-22)34-8)29(32)25-13-14-28(35-25)36-27-18-23(30(4,5)6)11-9-21(27)3/h9-14,17-18,20H,15-16,19H2,1-8H3. The van der Waals surface area contributed by atoms with E-state index in [1.165, 1.54) is 11.1 Å². The Kier molecular flexibility index (Phi) is 9.18. The molecule has 1 heterocycles. The van der Waals surface area contributed by atoms with Crippen LogP contribution in [-0.2, 0) is 11.8 Å². The minimum absolute atomic E-state index is 0.0680. The lowest BCUT2D eigenvalue weighted by Crippen LogP contribution is -2.35. The van der Waals surface area contributed by atoms with E-state index in [-0.39, 0.29) is 11.3 Å². The van der Waals surface area contributed by atoms with E-state index < -0.39 is 0 Å². The lowest BCUT2D eigenvalue weighted by Gasteiger charge is -2.24. The van der Waals surface area contributed by atoms with Gasteiger partial charge in [0.25, 0.3) is 5.91 Å². The van der Waals surface area contributed by atoms with Crippen LogP contribution in [0.15, 0.2) is 62.9 Å². The largest absolute Gasteiger partial charge is 0.493 e. The molecule has 0 aliphatic rings. The first kappa shape index (κ1) is 27.7. The Morgan fingerprint density at radius 3 is 2.36 bits per heavy atom. The molecule has 36 heavy (non-hydrogen) atoms. The summed E-state index contributed by atoms with van der Waals surface area (Å²) in [7, 11) is 3.25. The average molecular weight is 510 g/mol. The van der Waals surface area contributed by atoms with Crippen molar-refractivity contribution < 1.29 is 18.7 Å². The van der Waals surface area contributed by atoms with Gasteiger partial charge >= 0.3 is 0 Å². The summed E-state index contributed by atoms with van der Waals surface area (Å²) in [5, 5.41) is 0.719. The molecule has 0 saturated heterocycles. The number of aryl methyl sites for hydroxylation is 1. The van der Waals surface area contributed by atoms with Gasteiger partial charge in [-0.3, -0.25) is 4.79 Å². The summed E-state index contributed by atoms with van der Waals surface area (Å²) in [5.74, 6) is 2.01. The Bertz CT molecular complexity index is 1180. The predicted molar refractivity (Wildman–Crippen MR) is 147 cm³/mol. The molecule has 0 unspecified atom stereocenters. The highest BCUT2D eigenvalue weighted by Crippen LogP contribution is 2.35. The average Bonchev–Trinajstić information content (AvgIpc) is 3.30. The third-order valence-corrected chi connectivity index (χ3v) is 7.13. The fourth-order valence-electron chi connectivity index (χ4n) is 3.95. The van der Waals surface area contributed by atoms with E-state index in [4.69, 9.17) is 13.9 Å². The van der Waals surface area contributed by atoms with E-state index in [0.29, 0.717) is 42.7 Å². The van der Waals surface area contributed by atoms with Crippen LogP contribution in [0.3, 0.4) is 0 Å². The monoisotopic (exact) mass is 509 g/mol. The molecule has 0 atom stereocenters. The van der Waals surface area contributed by atoms with Crippen molar-refractivity contribution in [1.29, 1.82) is 0 Å². The molecule has 0 N–H and O–H groups in total. The van der Waals surface area contributed by atoms with Crippen LogP contribution in [-0.4, -0.2) is 38.1 Å². The number of carbonyl (C=O) groups is 1. The fraction of sp³-hybridized carbons (Fsp3) is 0.433. The second-order valence-electron chi connectivity index (χ2n) is 10.5. The molecule has 0 saturated carbocycles. The Labute approximate surface area is 220 Å². The van der Waals surface area contributed by atoms with Crippen molar-refractivity contribution in [2.75, 3.05) is 27.3 Å². The number of hydrogen-bond acceptors (Lipinski definition) is 5. The first-order valence-corrected chi connectivity index (χ1v) is 13.2. The van der Waals surface area contributed by atoms with Gasteiger partial charge in [0.1, 0.15) is 0 Å². The lowest BCUT2D eigenvalue weighted by molar-refractivity contribution is 0.0700. The van der Waals surface area contributed by atoms with Crippen molar-refractivity contribution in [1.82, 2.24) is 4.90 Å². The van der Waals surface area contributed by atoms with E-state index in [0.717, 1.165) is 15.6 Å². The third-order valence-electron chi connectivity index (χ3n) is 6.05. The Morgan fingerprint density at radius 2 is 1.72 bits per heavy atom. The number of nitrogens with zero attached hydrogens (tertiary/aromatic N) is 1. The Hall–Kier alpha value is -2.86. The van der Waals surface area contributed by atoms with Crippen LogP contribution in [0, 0.1) is 12.8 Å². The Morgan fingerprint density at radius 1 is 1.00 bits per heavy atom. The summed E-state index contributed by atoms with van der Waals surface area (Å²) >= 11 is 1.56. The highest BCUT2D eigenvalue weighted by Gasteiger charge is 2.22. The van der Waals surface area contributed by atoms with Crippen LogP contribution in [0.4, 0.5) is 0 Å². The maximum atomic E-state index is 13.4. The van der Waals surface area contributed by atoms with E-state index >= 15 is 0 Å². The first-order valence-electron chi connectivity index (χ1n) is 12.4. The molecule has 0 spiro atoms. The van der Waals surface area contributed by atoms with E-state index in [9.17, 15) is 4.79 Å². The zero-order chi connectivity index (χ0) is 26.5. The van der Waals surface area contributed by atoms with Crippen molar-refractivity contribution in [2.45, 2.75) is 63.4 Å². The molecule has 194 valence electrons. The molecule has 0 bridgehead atoms. The molecule has 6 heteroatoms. The number of methoxy groups -OCH3 is 2. The molecule has 0 aliphatic heterocycles. The van der Waals surface area contributed by atoms with Crippen LogP contribution in [0.2, 0.25) is 0 Å². The van der Waals surface area contributed by atoms with Crippen LogP contribution in [0.1, 0.15) is 61.9 Å². The number of amides is 1. The summed E-state index contributed by atoms with van der Waals surface area (Å²) in [5.41, 5.74) is 3.61. The number of carbonyl (C=O) groups excluding carboxylic acids is 1. The molecule has 3 aromatic rings. The topological polar surface area (TPSA) is 51.9 Å². The van der Waals surface area contributed by atoms with Crippen molar-refractivity contribution in [3.05, 3.63) is 71.0 Å². The maximum absolute atomic E-state index is 13.4. The second kappa shape index (κ2) is 11.9. The van der Waals surface area contributed by atoms with Crippen molar-refractivity contribution in [3.63, 3.8) is 0 Å². The SMILES string of the molecule is COc1ccc(CCN(CC(C)C)C(=O)c2ccc(Sc3cc(C(C)(C)C)ccc3C)o2)cc1OC. The van der Waals surface area contributed by atoms with Gasteiger partial charge in [0.2, 0.25) is 0 Å². The molecule has 1 aromatic heterocycles. The molecule has 1 amide bonds. The molecular weight excluding hydrogens is 470 g/mol. The van der Waals surface area contributed by atoms with E-state index in [2.05, 4.69) is 59.7 Å². The van der Waals surface area contributed by atoms with Gasteiger partial charge in [0.05, 0.1) is 14.2 Å². The van der Waals surface area contributed by atoms with Crippen molar-refractivity contribution in [3.8, 4) is 11.5 Å². The second-order valence-corrected chi connectivity index (χ2v) is 11.6. The van der Waals surface area contributed by atoms with Crippen LogP contribution in [0.5, 0.6) is 11.5 Å². The molecule has 0 aliphatic carbocycles. The van der Waals surface area contributed by atoms with Gasteiger partial charge in [-0.15, -0.1) is 0 Å². The number of furan rings is 1. The van der Waals surface area contributed by atoms with E-state index in [1.807, 2.05) is 29.2 Å². The maximum Gasteiger partial charge on any atom is 0.289 e. The van der Waals surface area contributed by atoms with Gasteiger partial charge < -0.3 is 18.8 Å². The summed E-state index contributed by atoms with van der Waals surface area (Å²) in [6.07, 6.45) is 0.708. The zero-order valence-corrected chi connectivity index (χ0v) is 23.6. The quantitative estimate of drug-likeness (QED) is 0.285. The number of hydrogen-bond donors (Lipinski definition) is 0. The Balaban J connectivity index is 1.75. The van der Waals surface area contributed by atoms with Crippen molar-refractivity contribution in [2.24, 2.45) is 5.92 Å². The third kappa shape index (κ3) is 7.10. The predicted octanol–water partition coefficient (Wildman–Crippen LogP) is 7.39. The first-order chi connectivity index (χ1) is 17.0. The normalized spacial score (nSPS) is 11.6. The minimum atomic E-state index is -0.0869. The molecule has 0 fully saturated rings. The van der Waals surface area contributed by atoms with Gasteiger partial charge in [0.15, 0.2) is 22.4 Å². The molecule has 5 nitrogen and oxygen atoms in total. The minimum Gasteiger partial charge on any atom is -0.493 e. The molecule has 0 radical (unpaired) electrons. The summed E-state index contributed by atoms with van der Waals surface area (Å²) in [6.45, 7) is 14.2. The van der Waals surface area contributed by atoms with E-state index in [1.54, 1.807) is 32.0 Å². The van der Waals surface area contributed by atoms with Gasteiger partial charge in [-0.2, -0.15) is 0 Å². The van der Waals surface area contributed by atoms with Crippen LogP contribution < -0.4 is 9.47 Å². The zero-order valence-electron chi connectivity index (χ0n) is 22.8. The van der Waals surface area contributed by atoms with Crippen LogP contribution in [0.25, 0.3) is 0 Å². The number of ether oxygens (including phenoxy) is 2. The fourth-order valence-corrected chi connectivity index (χ4v) is 4.85. The summed E-state index contributed by atoms with van der Waals surface area (Å²) in [4.78, 5) is 16.4. The van der Waals surface area contributed by atoms with Gasteiger partial charge in [-0.05, 0) is 71.7 Å². The molecule has 2 aromatic carbocycles. The van der Waals surface area contributed by atoms with Crippen LogP contribution >= 0.6 is 11.8 Å².